The van der Waals surface area contributed by atoms with Crippen molar-refractivity contribution in [3.05, 3.63) is 65.2 Å². The number of carbonyl (C=O) groups is 1. The molecule has 0 bridgehead atoms. The van der Waals surface area contributed by atoms with E-state index in [-0.39, 0.29) is 24.1 Å². The topological polar surface area (TPSA) is 77.0 Å². The van der Waals surface area contributed by atoms with Crippen LogP contribution in [0.4, 0.5) is 11.4 Å². The van der Waals surface area contributed by atoms with Crippen LogP contribution in [0.1, 0.15) is 53.8 Å². The summed E-state index contributed by atoms with van der Waals surface area (Å²) in [6, 6.07) is 13.8. The molecule has 0 atom stereocenters. The van der Waals surface area contributed by atoms with Gasteiger partial charge in [0.05, 0.1) is 5.69 Å². The summed E-state index contributed by atoms with van der Waals surface area (Å²) in [6.45, 7) is 6.81. The number of nitrogen functional groups attached to an aromatic ring is 1. The molecule has 2 aromatic carbocycles. The number of anilines is 2. The molecule has 4 rings (SSSR count). The van der Waals surface area contributed by atoms with Crippen LogP contribution in [0.2, 0.25) is 0 Å². The lowest BCUT2D eigenvalue weighted by Crippen LogP contribution is -2.36. The van der Waals surface area contributed by atoms with Gasteiger partial charge in [0, 0.05) is 17.9 Å². The maximum absolute atomic E-state index is 13.2. The first-order valence-electron chi connectivity index (χ1n) is 9.69. The number of fused-ring (bicyclic) bond motifs is 1. The third-order valence-electron chi connectivity index (χ3n) is 5.28. The lowest BCUT2D eigenvalue weighted by molar-refractivity contribution is 0.0975. The molecule has 6 nitrogen and oxygen atoms in total. The zero-order valence-corrected chi connectivity index (χ0v) is 17.7. The molecule has 1 aliphatic heterocycles. The Morgan fingerprint density at radius 2 is 1.83 bits per heavy atom. The van der Waals surface area contributed by atoms with E-state index in [0.717, 1.165) is 35.5 Å². The number of aryl methyl sites for hydroxylation is 1. The molecule has 3 aromatic rings. The van der Waals surface area contributed by atoms with Crippen LogP contribution >= 0.6 is 12.4 Å². The van der Waals surface area contributed by atoms with Crippen molar-refractivity contribution >= 4 is 29.7 Å². The number of carbonyl (C=O) groups excluding carboxylic acids is 1. The van der Waals surface area contributed by atoms with E-state index < -0.39 is 0 Å². The van der Waals surface area contributed by atoms with Crippen LogP contribution in [0.15, 0.2) is 42.5 Å². The van der Waals surface area contributed by atoms with Crippen LogP contribution in [0.25, 0.3) is 5.69 Å². The lowest BCUT2D eigenvalue weighted by atomic mass is 10.00. The van der Waals surface area contributed by atoms with Crippen molar-refractivity contribution < 1.29 is 4.79 Å². The Hall–Kier alpha value is -2.86. The molecule has 7 heteroatoms. The van der Waals surface area contributed by atoms with Gasteiger partial charge in [0.1, 0.15) is 5.82 Å². The van der Waals surface area contributed by atoms with Crippen LogP contribution in [0.3, 0.4) is 0 Å². The molecule has 0 saturated heterocycles. The number of hydrogen-bond donors (Lipinski definition) is 1. The Bertz CT molecular complexity index is 1040. The Morgan fingerprint density at radius 1 is 1.10 bits per heavy atom. The van der Waals surface area contributed by atoms with Gasteiger partial charge in [-0.25, -0.2) is 9.67 Å². The second-order valence-electron chi connectivity index (χ2n) is 7.51. The molecule has 0 saturated carbocycles. The molecule has 0 fully saturated rings. The van der Waals surface area contributed by atoms with Crippen molar-refractivity contribution in [1.29, 1.82) is 0 Å². The monoisotopic (exact) mass is 411 g/mol. The third kappa shape index (κ3) is 3.72. The Kier molecular flexibility index (Phi) is 5.94. The molecule has 0 radical (unpaired) electrons. The molecular weight excluding hydrogens is 386 g/mol. The highest BCUT2D eigenvalue weighted by molar-refractivity contribution is 6.04. The van der Waals surface area contributed by atoms with Gasteiger partial charge >= 0.3 is 0 Å². The maximum Gasteiger partial charge on any atom is 0.297 e. The minimum atomic E-state index is -0.185. The third-order valence-corrected chi connectivity index (χ3v) is 5.28. The number of para-hydroxylation sites is 1. The molecule has 1 aromatic heterocycles. The summed E-state index contributed by atoms with van der Waals surface area (Å²) in [4.78, 5) is 19.5. The van der Waals surface area contributed by atoms with E-state index in [1.54, 1.807) is 9.58 Å². The standard InChI is InChI=1S/C22H25N5O.ClH/c1-14(2)16-8-4-5-11-20(16)27-15(3)24-21(25-27)22(28)26-13-7-9-17-18(23)10-6-12-19(17)26;/h4-6,8,10-12,14H,7,9,13,23H2,1-3H3;1H. The molecule has 0 unspecified atom stereocenters. The number of amides is 1. The predicted molar refractivity (Wildman–Crippen MR) is 118 cm³/mol. The molecular formula is C22H26ClN5O. The summed E-state index contributed by atoms with van der Waals surface area (Å²) >= 11 is 0. The zero-order chi connectivity index (χ0) is 19.8. The van der Waals surface area contributed by atoms with E-state index in [2.05, 4.69) is 30.0 Å². The predicted octanol–water partition coefficient (Wildman–Crippen LogP) is 4.30. The van der Waals surface area contributed by atoms with Gasteiger partial charge in [-0.1, -0.05) is 38.1 Å². The van der Waals surface area contributed by atoms with Gasteiger partial charge in [-0.3, -0.25) is 4.79 Å². The van der Waals surface area contributed by atoms with Crippen LogP contribution in [-0.2, 0) is 6.42 Å². The molecule has 0 aliphatic carbocycles. The molecule has 2 N–H and O–H groups in total. The maximum atomic E-state index is 13.2. The molecule has 152 valence electrons. The zero-order valence-electron chi connectivity index (χ0n) is 16.9. The van der Waals surface area contributed by atoms with Crippen LogP contribution in [0.5, 0.6) is 0 Å². The average Bonchev–Trinajstić information content (AvgIpc) is 3.09. The van der Waals surface area contributed by atoms with Gasteiger partial charge in [0.25, 0.3) is 5.91 Å². The fourth-order valence-corrected chi connectivity index (χ4v) is 3.86. The quantitative estimate of drug-likeness (QED) is 0.652. The van der Waals surface area contributed by atoms with Crippen molar-refractivity contribution in [1.82, 2.24) is 14.8 Å². The van der Waals surface area contributed by atoms with Crippen molar-refractivity contribution in [2.45, 2.75) is 39.5 Å². The van der Waals surface area contributed by atoms with Crippen LogP contribution in [0, 0.1) is 6.92 Å². The summed E-state index contributed by atoms with van der Waals surface area (Å²) in [5.74, 6) is 1.07. The molecule has 0 spiro atoms. The summed E-state index contributed by atoms with van der Waals surface area (Å²) < 4.78 is 1.77. The van der Waals surface area contributed by atoms with Gasteiger partial charge in [-0.2, -0.15) is 0 Å². The highest BCUT2D eigenvalue weighted by Crippen LogP contribution is 2.32. The first kappa shape index (κ1) is 20.9. The minimum Gasteiger partial charge on any atom is -0.398 e. The van der Waals surface area contributed by atoms with Crippen LogP contribution < -0.4 is 10.6 Å². The smallest absolute Gasteiger partial charge is 0.297 e. The normalized spacial score (nSPS) is 13.2. The minimum absolute atomic E-state index is 0. The SMILES string of the molecule is Cc1nc(C(=O)N2CCCc3c(N)cccc32)nn1-c1ccccc1C(C)C.Cl. The summed E-state index contributed by atoms with van der Waals surface area (Å²) in [6.07, 6.45) is 1.76. The van der Waals surface area contributed by atoms with E-state index >= 15 is 0 Å². The van der Waals surface area contributed by atoms with E-state index in [4.69, 9.17) is 5.73 Å². The number of halogens is 1. The summed E-state index contributed by atoms with van der Waals surface area (Å²) in [7, 11) is 0. The largest absolute Gasteiger partial charge is 0.398 e. The number of aromatic nitrogens is 3. The number of benzene rings is 2. The van der Waals surface area contributed by atoms with E-state index in [9.17, 15) is 4.79 Å². The molecule has 2 heterocycles. The Balaban J connectivity index is 0.00000240. The Morgan fingerprint density at radius 3 is 2.59 bits per heavy atom. The fourth-order valence-electron chi connectivity index (χ4n) is 3.86. The first-order chi connectivity index (χ1) is 13.5. The average molecular weight is 412 g/mol. The van der Waals surface area contributed by atoms with Gasteiger partial charge in [-0.15, -0.1) is 17.5 Å². The Labute approximate surface area is 177 Å². The van der Waals surface area contributed by atoms with Crippen molar-refractivity contribution in [2.75, 3.05) is 17.2 Å². The highest BCUT2D eigenvalue weighted by atomic mass is 35.5. The number of nitrogens with zero attached hydrogens (tertiary/aromatic N) is 4. The second kappa shape index (κ2) is 8.25. The molecule has 1 aliphatic rings. The van der Waals surface area contributed by atoms with Crippen molar-refractivity contribution in [3.63, 3.8) is 0 Å². The summed E-state index contributed by atoms with van der Waals surface area (Å²) in [5.41, 5.74) is 10.9. The van der Waals surface area contributed by atoms with Gasteiger partial charge in [-0.05, 0) is 55.0 Å². The van der Waals surface area contributed by atoms with E-state index in [1.165, 1.54) is 5.56 Å². The number of nitrogens with two attached hydrogens (primary N) is 1. The van der Waals surface area contributed by atoms with E-state index in [0.29, 0.717) is 18.3 Å². The van der Waals surface area contributed by atoms with Gasteiger partial charge < -0.3 is 10.6 Å². The number of rotatable bonds is 3. The molecule has 29 heavy (non-hydrogen) atoms. The lowest BCUT2D eigenvalue weighted by Gasteiger charge is -2.29. The first-order valence-corrected chi connectivity index (χ1v) is 9.69. The molecule has 1 amide bonds. The highest BCUT2D eigenvalue weighted by Gasteiger charge is 2.28. The van der Waals surface area contributed by atoms with Gasteiger partial charge in [0.2, 0.25) is 5.82 Å². The van der Waals surface area contributed by atoms with Crippen LogP contribution in [-0.4, -0.2) is 27.2 Å². The van der Waals surface area contributed by atoms with Crippen molar-refractivity contribution in [2.24, 2.45) is 0 Å². The second-order valence-corrected chi connectivity index (χ2v) is 7.51. The fraction of sp³-hybridized carbons (Fsp3) is 0.318. The van der Waals surface area contributed by atoms with Gasteiger partial charge in [0.15, 0.2) is 0 Å². The van der Waals surface area contributed by atoms with E-state index in [1.807, 2.05) is 43.3 Å². The van der Waals surface area contributed by atoms with Crippen molar-refractivity contribution in [3.8, 4) is 5.69 Å². The summed E-state index contributed by atoms with van der Waals surface area (Å²) in [5, 5.41) is 4.58. The number of hydrogen-bond acceptors (Lipinski definition) is 4.